The summed E-state index contributed by atoms with van der Waals surface area (Å²) in [7, 11) is 0. The molecular weight excluding hydrogens is 592 g/mol. The molecule has 0 radical (unpaired) electrons. The molecule has 6 aliphatic heterocycles. The van der Waals surface area contributed by atoms with Gasteiger partial charge >= 0.3 is 0 Å². The van der Waals surface area contributed by atoms with Crippen LogP contribution < -0.4 is 21.3 Å². The summed E-state index contributed by atoms with van der Waals surface area (Å²) in [6.45, 7) is 8.41. The van der Waals surface area contributed by atoms with Gasteiger partial charge in [-0.3, -0.25) is 0 Å². The summed E-state index contributed by atoms with van der Waals surface area (Å²) in [6, 6.07) is 9.40. The fourth-order valence-corrected chi connectivity index (χ4v) is 9.45. The third kappa shape index (κ3) is 5.76. The van der Waals surface area contributed by atoms with E-state index in [-0.39, 0.29) is 0 Å². The van der Waals surface area contributed by atoms with E-state index in [1.54, 1.807) is 0 Å². The highest BCUT2D eigenvalue weighted by molar-refractivity contribution is 5.84. The Balaban J connectivity index is 1.37. The molecule has 0 aliphatic carbocycles. The molecule has 0 atom stereocenters. The standard InChI is InChI=1S/C40H50N8/c1-2-30-38(26-11-19-42-20-12-26)32-5-6-34(47-32)40(28-15-23-44-24-16-28)36-8-7-35(48-36)39(27-13-21-43-22-14-27)33-4-3-31(46-33)37(29(1)45-30)25-9-17-41-18-10-25/h1-8,25-28,41-46H,9-24H2. The minimum Gasteiger partial charge on any atom is -0.355 e. The number of nitrogens with zero attached hydrogens (tertiary/aromatic N) is 2. The van der Waals surface area contributed by atoms with Gasteiger partial charge in [0, 0.05) is 44.3 Å². The Morgan fingerprint density at radius 1 is 0.354 bits per heavy atom. The Hall–Kier alpha value is -3.56. The van der Waals surface area contributed by atoms with Gasteiger partial charge in [-0.2, -0.15) is 0 Å². The van der Waals surface area contributed by atoms with E-state index < -0.39 is 0 Å². The first-order valence-electron chi connectivity index (χ1n) is 18.8. The van der Waals surface area contributed by atoms with E-state index in [4.69, 9.17) is 9.97 Å². The second kappa shape index (κ2) is 13.4. The summed E-state index contributed by atoms with van der Waals surface area (Å²) in [5.41, 5.74) is 14.9. The number of aromatic nitrogens is 4. The van der Waals surface area contributed by atoms with Crippen molar-refractivity contribution >= 4 is 46.4 Å². The molecule has 0 saturated carbocycles. The average Bonchev–Trinajstić information content (AvgIpc) is 3.98. The molecule has 0 unspecified atom stereocenters. The molecule has 3 aromatic heterocycles. The van der Waals surface area contributed by atoms with Gasteiger partial charge in [-0.25, -0.2) is 9.97 Å². The molecule has 9 heterocycles. The van der Waals surface area contributed by atoms with Gasteiger partial charge in [0.15, 0.2) is 0 Å². The third-order valence-corrected chi connectivity index (χ3v) is 11.9. The molecule has 8 bridgehead atoms. The Kier molecular flexibility index (Phi) is 8.51. The van der Waals surface area contributed by atoms with Crippen LogP contribution >= 0.6 is 0 Å². The molecule has 9 rings (SSSR count). The maximum Gasteiger partial charge on any atom is 0.0694 e. The van der Waals surface area contributed by atoms with Crippen molar-refractivity contribution in [2.75, 3.05) is 52.4 Å². The van der Waals surface area contributed by atoms with Crippen LogP contribution in [0.25, 0.3) is 46.4 Å². The van der Waals surface area contributed by atoms with Crippen LogP contribution in [0.15, 0.2) is 24.3 Å². The lowest BCUT2D eigenvalue weighted by Crippen LogP contribution is -2.27. The molecule has 3 aromatic rings. The van der Waals surface area contributed by atoms with Crippen LogP contribution in [-0.2, 0) is 0 Å². The Labute approximate surface area is 283 Å². The summed E-state index contributed by atoms with van der Waals surface area (Å²) in [6.07, 6.45) is 18.2. The minimum atomic E-state index is 0.441. The van der Waals surface area contributed by atoms with E-state index in [0.717, 1.165) is 127 Å². The van der Waals surface area contributed by atoms with E-state index in [1.165, 1.54) is 44.3 Å². The SMILES string of the molecule is C1=Cc2nc1c(C1CCNCC1)c1nc(c(C3CCNCC3)c3ccc([nH]3)c(C3CCNCC3)c3ccc([nH]3)c2C2CCNCC2)C=C1. The number of H-pyrrole nitrogens is 2. The first-order valence-corrected chi connectivity index (χ1v) is 18.8. The molecular formula is C40H50N8. The number of hydrogen-bond donors (Lipinski definition) is 6. The maximum absolute atomic E-state index is 5.54. The van der Waals surface area contributed by atoms with Crippen molar-refractivity contribution in [1.29, 1.82) is 0 Å². The predicted octanol–water partition coefficient (Wildman–Crippen LogP) is 6.52. The highest BCUT2D eigenvalue weighted by Crippen LogP contribution is 2.40. The van der Waals surface area contributed by atoms with Gasteiger partial charge in [-0.05, 0) is 176 Å². The van der Waals surface area contributed by atoms with Crippen LogP contribution in [0.3, 0.4) is 0 Å². The van der Waals surface area contributed by atoms with E-state index in [9.17, 15) is 0 Å². The zero-order valence-corrected chi connectivity index (χ0v) is 28.1. The zero-order chi connectivity index (χ0) is 31.9. The van der Waals surface area contributed by atoms with Crippen molar-refractivity contribution in [3.63, 3.8) is 0 Å². The second-order valence-electron chi connectivity index (χ2n) is 14.8. The molecule has 8 heteroatoms. The smallest absolute Gasteiger partial charge is 0.0694 e. The van der Waals surface area contributed by atoms with Crippen LogP contribution in [0.5, 0.6) is 0 Å². The Morgan fingerprint density at radius 3 is 0.979 bits per heavy atom. The highest BCUT2D eigenvalue weighted by Gasteiger charge is 2.28. The van der Waals surface area contributed by atoms with Crippen LogP contribution in [0, 0.1) is 0 Å². The fraction of sp³-hybridized carbons (Fsp3) is 0.500. The summed E-state index contributed by atoms with van der Waals surface area (Å²) in [5, 5.41) is 14.4. The van der Waals surface area contributed by atoms with Crippen molar-refractivity contribution < 1.29 is 0 Å². The zero-order valence-electron chi connectivity index (χ0n) is 28.1. The van der Waals surface area contributed by atoms with Crippen molar-refractivity contribution in [2.45, 2.75) is 75.0 Å². The molecule has 0 spiro atoms. The first-order chi connectivity index (χ1) is 23.8. The number of nitrogens with one attached hydrogen (secondary N) is 6. The van der Waals surface area contributed by atoms with Crippen molar-refractivity contribution in [3.05, 3.63) is 69.3 Å². The van der Waals surface area contributed by atoms with Crippen LogP contribution in [0.2, 0.25) is 0 Å². The summed E-state index contributed by atoms with van der Waals surface area (Å²) >= 11 is 0. The average molecular weight is 643 g/mol. The molecule has 4 fully saturated rings. The van der Waals surface area contributed by atoms with E-state index >= 15 is 0 Å². The molecule has 250 valence electrons. The third-order valence-electron chi connectivity index (χ3n) is 11.9. The first kappa shape index (κ1) is 30.5. The number of fused-ring (bicyclic) bond motifs is 8. The summed E-state index contributed by atoms with van der Waals surface area (Å²) < 4.78 is 0. The number of rotatable bonds is 4. The van der Waals surface area contributed by atoms with Crippen molar-refractivity contribution in [3.8, 4) is 0 Å². The van der Waals surface area contributed by atoms with E-state index in [1.807, 2.05) is 0 Å². The lowest BCUT2D eigenvalue weighted by atomic mass is 9.88. The highest BCUT2D eigenvalue weighted by atomic mass is 14.9. The van der Waals surface area contributed by atoms with Gasteiger partial charge in [-0.1, -0.05) is 0 Å². The predicted molar refractivity (Wildman–Crippen MR) is 198 cm³/mol. The Morgan fingerprint density at radius 2 is 0.625 bits per heavy atom. The number of aromatic amines is 2. The van der Waals surface area contributed by atoms with Gasteiger partial charge in [0.25, 0.3) is 0 Å². The number of hydrogen-bond acceptors (Lipinski definition) is 6. The molecule has 4 saturated heterocycles. The fourth-order valence-electron chi connectivity index (χ4n) is 9.45. The molecule has 48 heavy (non-hydrogen) atoms. The largest absolute Gasteiger partial charge is 0.355 e. The van der Waals surface area contributed by atoms with Crippen LogP contribution in [0.4, 0.5) is 0 Å². The minimum absolute atomic E-state index is 0.441. The van der Waals surface area contributed by atoms with Gasteiger partial charge in [0.1, 0.15) is 0 Å². The summed E-state index contributed by atoms with van der Waals surface area (Å²) in [5.74, 6) is 1.86. The number of piperidine rings is 4. The van der Waals surface area contributed by atoms with Crippen molar-refractivity contribution in [1.82, 2.24) is 41.2 Å². The van der Waals surface area contributed by atoms with Gasteiger partial charge < -0.3 is 31.2 Å². The lowest BCUT2D eigenvalue weighted by molar-refractivity contribution is 0.457. The van der Waals surface area contributed by atoms with Crippen molar-refractivity contribution in [2.24, 2.45) is 0 Å². The maximum atomic E-state index is 5.54. The van der Waals surface area contributed by atoms with Crippen LogP contribution in [-0.4, -0.2) is 72.3 Å². The second-order valence-corrected chi connectivity index (χ2v) is 14.8. The molecule has 6 aliphatic rings. The monoisotopic (exact) mass is 642 g/mol. The van der Waals surface area contributed by atoms with Crippen LogP contribution in [0.1, 0.15) is 120 Å². The van der Waals surface area contributed by atoms with Gasteiger partial charge in [-0.15, -0.1) is 0 Å². The normalized spacial score (nSPS) is 21.7. The van der Waals surface area contributed by atoms with E-state index in [2.05, 4.69) is 79.8 Å². The molecule has 6 N–H and O–H groups in total. The quantitative estimate of drug-likeness (QED) is 0.133. The Bertz CT molecular complexity index is 1760. The summed E-state index contributed by atoms with van der Waals surface area (Å²) in [4.78, 5) is 19.1. The molecule has 0 aromatic carbocycles. The van der Waals surface area contributed by atoms with Gasteiger partial charge in [0.2, 0.25) is 0 Å². The molecule has 8 nitrogen and oxygen atoms in total. The van der Waals surface area contributed by atoms with Gasteiger partial charge in [0.05, 0.1) is 22.8 Å². The molecule has 0 amide bonds. The topological polar surface area (TPSA) is 105 Å². The van der Waals surface area contributed by atoms with E-state index in [0.29, 0.717) is 23.7 Å². The lowest BCUT2D eigenvalue weighted by Gasteiger charge is -2.25.